The minimum absolute atomic E-state index is 0.158. The van der Waals surface area contributed by atoms with Gasteiger partial charge in [-0.25, -0.2) is 4.79 Å². The summed E-state index contributed by atoms with van der Waals surface area (Å²) < 4.78 is 12.0. The van der Waals surface area contributed by atoms with Crippen LogP contribution in [0.5, 0.6) is 5.75 Å². The molecule has 3 rings (SSSR count). The standard InChI is InChI=1S/C14H16BrNO3/c15-11-3-5-12(6-4-11)18-9-13-8-16(14(17)19-13)7-10-1-2-10/h3-6,10,13H,1-2,7-9H2. The number of cyclic esters (lactones) is 1. The second kappa shape index (κ2) is 5.41. The number of ether oxygens (including phenoxy) is 2. The Balaban J connectivity index is 1.48. The summed E-state index contributed by atoms with van der Waals surface area (Å²) in [6.07, 6.45) is 2.12. The van der Waals surface area contributed by atoms with Crippen molar-refractivity contribution in [3.8, 4) is 5.75 Å². The smallest absolute Gasteiger partial charge is 0.410 e. The Morgan fingerprint density at radius 1 is 1.32 bits per heavy atom. The summed E-state index contributed by atoms with van der Waals surface area (Å²) in [6, 6.07) is 7.64. The van der Waals surface area contributed by atoms with Crippen molar-refractivity contribution in [1.82, 2.24) is 4.90 Å². The maximum Gasteiger partial charge on any atom is 0.410 e. The lowest BCUT2D eigenvalue weighted by atomic mass is 10.3. The van der Waals surface area contributed by atoms with Gasteiger partial charge in [0, 0.05) is 11.0 Å². The molecule has 1 saturated heterocycles. The number of rotatable bonds is 5. The van der Waals surface area contributed by atoms with Crippen molar-refractivity contribution in [3.63, 3.8) is 0 Å². The van der Waals surface area contributed by atoms with E-state index in [1.54, 1.807) is 4.90 Å². The molecule has 19 heavy (non-hydrogen) atoms. The van der Waals surface area contributed by atoms with Crippen LogP contribution in [0.25, 0.3) is 0 Å². The maximum absolute atomic E-state index is 11.6. The zero-order valence-electron chi connectivity index (χ0n) is 10.5. The zero-order valence-corrected chi connectivity index (χ0v) is 12.1. The van der Waals surface area contributed by atoms with Crippen molar-refractivity contribution >= 4 is 22.0 Å². The number of benzene rings is 1. The SMILES string of the molecule is O=C1OC(COc2ccc(Br)cc2)CN1CC1CC1. The van der Waals surface area contributed by atoms with E-state index in [0.29, 0.717) is 19.1 Å². The first-order valence-electron chi connectivity index (χ1n) is 6.54. The van der Waals surface area contributed by atoms with Crippen LogP contribution in [-0.4, -0.2) is 36.8 Å². The minimum atomic E-state index is -0.198. The lowest BCUT2D eigenvalue weighted by Gasteiger charge is -2.12. The molecule has 1 saturated carbocycles. The van der Waals surface area contributed by atoms with E-state index in [4.69, 9.17) is 9.47 Å². The molecule has 0 bridgehead atoms. The van der Waals surface area contributed by atoms with E-state index in [0.717, 1.165) is 16.8 Å². The fraction of sp³-hybridized carbons (Fsp3) is 0.500. The Morgan fingerprint density at radius 2 is 2.05 bits per heavy atom. The highest BCUT2D eigenvalue weighted by Crippen LogP contribution is 2.31. The van der Waals surface area contributed by atoms with Crippen LogP contribution in [0.2, 0.25) is 0 Å². The fourth-order valence-electron chi connectivity index (χ4n) is 2.14. The van der Waals surface area contributed by atoms with Gasteiger partial charge < -0.3 is 14.4 Å². The normalized spacial score (nSPS) is 22.5. The molecular weight excluding hydrogens is 310 g/mol. The first-order valence-corrected chi connectivity index (χ1v) is 7.34. The molecule has 4 nitrogen and oxygen atoms in total. The molecule has 1 unspecified atom stereocenters. The molecule has 1 aliphatic heterocycles. The largest absolute Gasteiger partial charge is 0.490 e. The van der Waals surface area contributed by atoms with Crippen molar-refractivity contribution in [2.24, 2.45) is 5.92 Å². The molecule has 2 aliphatic rings. The minimum Gasteiger partial charge on any atom is -0.490 e. The summed E-state index contributed by atoms with van der Waals surface area (Å²) in [6.45, 7) is 1.90. The molecule has 1 aromatic carbocycles. The first kappa shape index (κ1) is 12.8. The van der Waals surface area contributed by atoms with Crippen LogP contribution in [0.15, 0.2) is 28.7 Å². The Morgan fingerprint density at radius 3 is 2.74 bits per heavy atom. The molecule has 1 amide bonds. The lowest BCUT2D eigenvalue weighted by Crippen LogP contribution is -2.28. The molecule has 0 spiro atoms. The number of hydrogen-bond acceptors (Lipinski definition) is 3. The van der Waals surface area contributed by atoms with Gasteiger partial charge in [0.1, 0.15) is 12.4 Å². The van der Waals surface area contributed by atoms with Gasteiger partial charge in [-0.2, -0.15) is 0 Å². The average Bonchev–Trinajstić information content (AvgIpc) is 3.14. The second-order valence-electron chi connectivity index (χ2n) is 5.12. The van der Waals surface area contributed by atoms with Crippen molar-refractivity contribution in [2.75, 3.05) is 19.7 Å². The highest BCUT2D eigenvalue weighted by molar-refractivity contribution is 9.10. The molecule has 1 aromatic rings. The number of carbonyl (C=O) groups excluding carboxylic acids is 1. The number of carbonyl (C=O) groups is 1. The molecule has 0 aromatic heterocycles. The van der Waals surface area contributed by atoms with Crippen LogP contribution in [0.1, 0.15) is 12.8 Å². The highest BCUT2D eigenvalue weighted by Gasteiger charge is 2.35. The number of hydrogen-bond donors (Lipinski definition) is 0. The van der Waals surface area contributed by atoms with Gasteiger partial charge in [0.15, 0.2) is 6.10 Å². The second-order valence-corrected chi connectivity index (χ2v) is 6.03. The van der Waals surface area contributed by atoms with Gasteiger partial charge in [0.2, 0.25) is 0 Å². The average molecular weight is 326 g/mol. The van der Waals surface area contributed by atoms with E-state index in [1.165, 1.54) is 12.8 Å². The van der Waals surface area contributed by atoms with Crippen LogP contribution in [0.4, 0.5) is 4.79 Å². The third kappa shape index (κ3) is 3.41. The first-order chi connectivity index (χ1) is 9.20. The quantitative estimate of drug-likeness (QED) is 0.835. The van der Waals surface area contributed by atoms with Gasteiger partial charge in [0.05, 0.1) is 6.54 Å². The Kier molecular flexibility index (Phi) is 3.64. The monoisotopic (exact) mass is 325 g/mol. The van der Waals surface area contributed by atoms with Crippen LogP contribution in [-0.2, 0) is 4.74 Å². The van der Waals surface area contributed by atoms with Gasteiger partial charge in [0.25, 0.3) is 0 Å². The molecule has 2 fully saturated rings. The Hall–Kier alpha value is -1.23. The van der Waals surface area contributed by atoms with Crippen molar-refractivity contribution < 1.29 is 14.3 Å². The number of halogens is 1. The van der Waals surface area contributed by atoms with Crippen LogP contribution in [0, 0.1) is 5.92 Å². The summed E-state index contributed by atoms with van der Waals surface area (Å²) >= 11 is 3.38. The van der Waals surface area contributed by atoms with Crippen LogP contribution < -0.4 is 4.74 Å². The third-order valence-electron chi connectivity index (χ3n) is 3.37. The van der Waals surface area contributed by atoms with Crippen molar-refractivity contribution in [2.45, 2.75) is 18.9 Å². The van der Waals surface area contributed by atoms with E-state index in [2.05, 4.69) is 15.9 Å². The molecule has 102 valence electrons. The Bertz CT molecular complexity index is 458. The molecule has 1 aliphatic carbocycles. The summed E-state index contributed by atoms with van der Waals surface area (Å²) in [5, 5.41) is 0. The summed E-state index contributed by atoms with van der Waals surface area (Å²) in [5.41, 5.74) is 0. The molecule has 0 N–H and O–H groups in total. The highest BCUT2D eigenvalue weighted by atomic mass is 79.9. The van der Waals surface area contributed by atoms with Crippen LogP contribution in [0.3, 0.4) is 0 Å². The molecule has 5 heteroatoms. The van der Waals surface area contributed by atoms with E-state index in [-0.39, 0.29) is 12.2 Å². The van der Waals surface area contributed by atoms with Crippen molar-refractivity contribution in [3.05, 3.63) is 28.7 Å². The van der Waals surface area contributed by atoms with Gasteiger partial charge in [-0.1, -0.05) is 15.9 Å². The molecule has 0 radical (unpaired) electrons. The summed E-state index contributed by atoms with van der Waals surface area (Å²) in [5.74, 6) is 1.48. The topological polar surface area (TPSA) is 38.8 Å². The fourth-order valence-corrected chi connectivity index (χ4v) is 2.41. The van der Waals surface area contributed by atoms with Crippen molar-refractivity contribution in [1.29, 1.82) is 0 Å². The third-order valence-corrected chi connectivity index (χ3v) is 3.90. The maximum atomic E-state index is 11.6. The van der Waals surface area contributed by atoms with Gasteiger partial charge in [-0.15, -0.1) is 0 Å². The molecular formula is C14H16BrNO3. The van der Waals surface area contributed by atoms with Gasteiger partial charge in [-0.3, -0.25) is 0 Å². The van der Waals surface area contributed by atoms with E-state index >= 15 is 0 Å². The lowest BCUT2D eigenvalue weighted by molar-refractivity contribution is 0.102. The van der Waals surface area contributed by atoms with E-state index in [9.17, 15) is 4.79 Å². The predicted molar refractivity (Wildman–Crippen MR) is 74.2 cm³/mol. The summed E-state index contributed by atoms with van der Waals surface area (Å²) in [4.78, 5) is 13.4. The number of nitrogens with zero attached hydrogens (tertiary/aromatic N) is 1. The molecule has 1 heterocycles. The Labute approximate surface area is 120 Å². The van der Waals surface area contributed by atoms with Gasteiger partial charge in [-0.05, 0) is 43.0 Å². The number of amides is 1. The predicted octanol–water partition coefficient (Wildman–Crippen LogP) is 3.06. The van der Waals surface area contributed by atoms with Gasteiger partial charge >= 0.3 is 6.09 Å². The van der Waals surface area contributed by atoms with E-state index in [1.807, 2.05) is 24.3 Å². The van der Waals surface area contributed by atoms with E-state index < -0.39 is 0 Å². The van der Waals surface area contributed by atoms with Crippen LogP contribution >= 0.6 is 15.9 Å². The molecule has 1 atom stereocenters. The zero-order chi connectivity index (χ0) is 13.2. The summed E-state index contributed by atoms with van der Waals surface area (Å²) in [7, 11) is 0.